The van der Waals surface area contributed by atoms with Gasteiger partial charge in [-0.3, -0.25) is 9.69 Å². The normalized spacial score (nSPS) is 40.9. The molecule has 2 aliphatic heterocycles. The minimum atomic E-state index is -0.324. The Morgan fingerprint density at radius 1 is 1.23 bits per heavy atom. The average molecular weight is 309 g/mol. The molecule has 0 radical (unpaired) electrons. The summed E-state index contributed by atoms with van der Waals surface area (Å²) >= 11 is 0. The first-order valence-corrected chi connectivity index (χ1v) is 8.88. The Morgan fingerprint density at radius 3 is 2.64 bits per heavy atom. The van der Waals surface area contributed by atoms with E-state index in [1.807, 2.05) is 0 Å². The molecule has 0 spiro atoms. The van der Waals surface area contributed by atoms with E-state index >= 15 is 0 Å². The number of amides is 1. The zero-order chi connectivity index (χ0) is 15.7. The van der Waals surface area contributed by atoms with E-state index in [4.69, 9.17) is 10.5 Å². The van der Waals surface area contributed by atoms with Crippen LogP contribution in [0.25, 0.3) is 0 Å². The lowest BCUT2D eigenvalue weighted by Crippen LogP contribution is -2.54. The molecule has 0 bridgehead atoms. The first-order chi connectivity index (χ1) is 10.5. The van der Waals surface area contributed by atoms with Crippen molar-refractivity contribution >= 4 is 5.91 Å². The number of ether oxygens (including phenoxy) is 1. The van der Waals surface area contributed by atoms with Crippen LogP contribution in [0.5, 0.6) is 0 Å². The van der Waals surface area contributed by atoms with E-state index in [0.717, 1.165) is 65.1 Å². The second-order valence-electron chi connectivity index (χ2n) is 7.74. The molecule has 0 aromatic heterocycles. The van der Waals surface area contributed by atoms with Crippen LogP contribution in [0.3, 0.4) is 0 Å². The topological polar surface area (TPSA) is 58.8 Å². The van der Waals surface area contributed by atoms with Crippen LogP contribution in [0.15, 0.2) is 0 Å². The summed E-state index contributed by atoms with van der Waals surface area (Å²) in [7, 11) is 0. The van der Waals surface area contributed by atoms with Crippen molar-refractivity contribution in [2.75, 3.05) is 39.4 Å². The molecule has 1 amide bonds. The lowest BCUT2D eigenvalue weighted by Gasteiger charge is -2.39. The Balaban J connectivity index is 1.64. The van der Waals surface area contributed by atoms with E-state index in [-0.39, 0.29) is 11.5 Å². The second-order valence-corrected chi connectivity index (χ2v) is 7.74. The van der Waals surface area contributed by atoms with Crippen molar-refractivity contribution in [3.8, 4) is 0 Å². The van der Waals surface area contributed by atoms with Gasteiger partial charge in [-0.1, -0.05) is 19.8 Å². The van der Waals surface area contributed by atoms with Gasteiger partial charge in [0.2, 0.25) is 5.91 Å². The van der Waals surface area contributed by atoms with E-state index < -0.39 is 0 Å². The maximum absolute atomic E-state index is 13.0. The van der Waals surface area contributed by atoms with Crippen LogP contribution in [-0.2, 0) is 9.53 Å². The van der Waals surface area contributed by atoms with Crippen LogP contribution in [0.1, 0.15) is 39.5 Å². The Kier molecular flexibility index (Phi) is 4.76. The summed E-state index contributed by atoms with van der Waals surface area (Å²) < 4.78 is 5.45. The molecule has 3 fully saturated rings. The summed E-state index contributed by atoms with van der Waals surface area (Å²) in [6.07, 6.45) is 4.22. The fourth-order valence-electron chi connectivity index (χ4n) is 4.50. The van der Waals surface area contributed by atoms with E-state index in [0.29, 0.717) is 17.9 Å². The molecule has 3 aliphatic rings. The summed E-state index contributed by atoms with van der Waals surface area (Å²) in [5.74, 6) is 0.846. The quantitative estimate of drug-likeness (QED) is 0.829. The maximum atomic E-state index is 13.0. The first-order valence-electron chi connectivity index (χ1n) is 8.88. The molecule has 5 nitrogen and oxygen atoms in total. The molecule has 0 aromatic carbocycles. The third kappa shape index (κ3) is 3.17. The van der Waals surface area contributed by atoms with Crippen LogP contribution in [0.2, 0.25) is 0 Å². The monoisotopic (exact) mass is 309 g/mol. The standard InChI is InChI=1S/C17H31N3O2/c1-13-11-20(12-15(13)19-7-9-22-10-8-19)16(21)14-5-3-4-6-17(14,2)18/h13-15H,3-12,18H2,1-2H3. The fraction of sp³-hybridized carbons (Fsp3) is 0.941. The van der Waals surface area contributed by atoms with E-state index in [2.05, 4.69) is 23.6 Å². The van der Waals surface area contributed by atoms with Gasteiger partial charge in [-0.05, 0) is 25.7 Å². The number of morpholine rings is 1. The lowest BCUT2D eigenvalue weighted by atomic mass is 9.74. The highest BCUT2D eigenvalue weighted by molar-refractivity contribution is 5.80. The van der Waals surface area contributed by atoms with Gasteiger partial charge in [0.1, 0.15) is 0 Å². The highest BCUT2D eigenvalue weighted by Gasteiger charge is 2.43. The minimum Gasteiger partial charge on any atom is -0.379 e. The van der Waals surface area contributed by atoms with E-state index in [1.54, 1.807) is 0 Å². The van der Waals surface area contributed by atoms with Crippen molar-refractivity contribution in [1.29, 1.82) is 0 Å². The van der Waals surface area contributed by atoms with Crippen LogP contribution in [0.4, 0.5) is 0 Å². The molecule has 1 saturated carbocycles. The van der Waals surface area contributed by atoms with Gasteiger partial charge in [-0.25, -0.2) is 0 Å². The maximum Gasteiger partial charge on any atom is 0.227 e. The third-order valence-electron chi connectivity index (χ3n) is 5.95. The number of carbonyl (C=O) groups excluding carboxylic acids is 1. The first kappa shape index (κ1) is 16.2. The fourth-order valence-corrected chi connectivity index (χ4v) is 4.50. The highest BCUT2D eigenvalue weighted by Crippen LogP contribution is 2.34. The molecule has 4 atom stereocenters. The minimum absolute atomic E-state index is 0.0110. The van der Waals surface area contributed by atoms with E-state index in [1.165, 1.54) is 0 Å². The van der Waals surface area contributed by atoms with Crippen molar-refractivity contribution in [1.82, 2.24) is 9.80 Å². The van der Waals surface area contributed by atoms with Gasteiger partial charge in [0.15, 0.2) is 0 Å². The molecule has 126 valence electrons. The largest absolute Gasteiger partial charge is 0.379 e. The number of rotatable bonds is 2. The molecule has 5 heteroatoms. The summed E-state index contributed by atoms with van der Waals surface area (Å²) in [6.45, 7) is 9.72. The summed E-state index contributed by atoms with van der Waals surface area (Å²) in [6, 6.07) is 0.487. The van der Waals surface area contributed by atoms with Crippen molar-refractivity contribution in [2.45, 2.75) is 51.1 Å². The van der Waals surface area contributed by atoms with E-state index in [9.17, 15) is 4.79 Å². The number of likely N-dealkylation sites (tertiary alicyclic amines) is 1. The van der Waals surface area contributed by atoms with Crippen LogP contribution in [-0.4, -0.2) is 66.7 Å². The van der Waals surface area contributed by atoms with Crippen molar-refractivity contribution in [2.24, 2.45) is 17.6 Å². The van der Waals surface area contributed by atoms with Crippen molar-refractivity contribution in [3.63, 3.8) is 0 Å². The molecule has 0 aromatic rings. The number of carbonyl (C=O) groups is 1. The molecule has 4 unspecified atom stereocenters. The van der Waals surface area contributed by atoms with Crippen molar-refractivity contribution in [3.05, 3.63) is 0 Å². The predicted molar refractivity (Wildman–Crippen MR) is 86.5 cm³/mol. The third-order valence-corrected chi connectivity index (χ3v) is 5.95. The van der Waals surface area contributed by atoms with Gasteiger partial charge in [0.05, 0.1) is 19.1 Å². The molecule has 1 aliphatic carbocycles. The zero-order valence-electron chi connectivity index (χ0n) is 14.1. The highest BCUT2D eigenvalue weighted by atomic mass is 16.5. The Morgan fingerprint density at radius 2 is 1.95 bits per heavy atom. The van der Waals surface area contributed by atoms with Gasteiger partial charge < -0.3 is 15.4 Å². The predicted octanol–water partition coefficient (Wildman–Crippen LogP) is 1.07. The van der Waals surface area contributed by atoms with Gasteiger partial charge in [0.25, 0.3) is 0 Å². The summed E-state index contributed by atoms with van der Waals surface area (Å²) in [5.41, 5.74) is 6.10. The van der Waals surface area contributed by atoms with Gasteiger partial charge in [0, 0.05) is 37.8 Å². The number of hydrogen-bond acceptors (Lipinski definition) is 4. The molecule has 2 N–H and O–H groups in total. The summed E-state index contributed by atoms with van der Waals surface area (Å²) in [4.78, 5) is 17.6. The van der Waals surface area contributed by atoms with Crippen LogP contribution in [0, 0.1) is 11.8 Å². The number of nitrogens with two attached hydrogens (primary N) is 1. The molecule has 22 heavy (non-hydrogen) atoms. The Labute approximate surface area is 134 Å². The van der Waals surface area contributed by atoms with Gasteiger partial charge >= 0.3 is 0 Å². The molecule has 3 rings (SSSR count). The van der Waals surface area contributed by atoms with Gasteiger partial charge in [-0.2, -0.15) is 0 Å². The Hall–Kier alpha value is -0.650. The number of hydrogen-bond donors (Lipinski definition) is 1. The van der Waals surface area contributed by atoms with Crippen molar-refractivity contribution < 1.29 is 9.53 Å². The van der Waals surface area contributed by atoms with Gasteiger partial charge in [-0.15, -0.1) is 0 Å². The SMILES string of the molecule is CC1CN(C(=O)C2CCCCC2(C)N)CC1N1CCOCC1. The smallest absolute Gasteiger partial charge is 0.227 e. The Bertz CT molecular complexity index is 407. The van der Waals surface area contributed by atoms with Crippen LogP contribution >= 0.6 is 0 Å². The molecular weight excluding hydrogens is 278 g/mol. The molecule has 2 heterocycles. The number of nitrogens with zero attached hydrogens (tertiary/aromatic N) is 2. The molecular formula is C17H31N3O2. The second kappa shape index (κ2) is 6.46. The zero-order valence-corrected chi connectivity index (χ0v) is 14.1. The van der Waals surface area contributed by atoms with Crippen LogP contribution < -0.4 is 5.73 Å². The average Bonchev–Trinajstić information content (AvgIpc) is 2.89. The lowest BCUT2D eigenvalue weighted by molar-refractivity contribution is -0.138. The summed E-state index contributed by atoms with van der Waals surface area (Å²) in [5, 5.41) is 0. The molecule has 2 saturated heterocycles.